The van der Waals surface area contributed by atoms with Crippen molar-refractivity contribution in [3.05, 3.63) is 18.0 Å². The number of nitrogens with zero attached hydrogens (tertiary/aromatic N) is 2. The summed E-state index contributed by atoms with van der Waals surface area (Å²) in [5.74, 6) is -1.10. The molecule has 0 radical (unpaired) electrons. The molecule has 7 heteroatoms. The lowest BCUT2D eigenvalue weighted by atomic mass is 10.2. The highest BCUT2D eigenvalue weighted by Gasteiger charge is 2.16. The van der Waals surface area contributed by atoms with E-state index in [-0.39, 0.29) is 24.0 Å². The Balaban J connectivity index is 1.68. The number of carbonyl (C=O) groups is 2. The minimum absolute atomic E-state index is 0.0807. The van der Waals surface area contributed by atoms with Crippen molar-refractivity contribution in [1.29, 1.82) is 0 Å². The Hall–Kier alpha value is -1.89. The van der Waals surface area contributed by atoms with Gasteiger partial charge in [0.15, 0.2) is 0 Å². The van der Waals surface area contributed by atoms with Crippen LogP contribution in [0.4, 0.5) is 0 Å². The van der Waals surface area contributed by atoms with E-state index in [9.17, 15) is 9.59 Å². The van der Waals surface area contributed by atoms with Crippen LogP contribution in [0, 0.1) is 0 Å². The molecule has 1 amide bonds. The van der Waals surface area contributed by atoms with Gasteiger partial charge in [-0.3, -0.25) is 9.48 Å². The van der Waals surface area contributed by atoms with Crippen LogP contribution < -0.4 is 5.32 Å². The van der Waals surface area contributed by atoms with Crippen LogP contribution >= 0.6 is 0 Å². The number of carboxylic acid groups (broad SMARTS) is 1. The maximum Gasteiger partial charge on any atom is 0.338 e. The molecule has 1 atom stereocenters. The van der Waals surface area contributed by atoms with Crippen LogP contribution in [-0.4, -0.2) is 46.0 Å². The number of carbonyl (C=O) groups excluding carboxylic acids is 1. The first kappa shape index (κ1) is 13.5. The van der Waals surface area contributed by atoms with E-state index in [0.717, 1.165) is 19.4 Å². The average Bonchev–Trinajstić information content (AvgIpc) is 3.05. The number of hydrogen-bond donors (Lipinski definition) is 2. The van der Waals surface area contributed by atoms with E-state index in [1.54, 1.807) is 0 Å². The summed E-state index contributed by atoms with van der Waals surface area (Å²) >= 11 is 0. The predicted octanol–water partition coefficient (Wildman–Crippen LogP) is 0.267. The fourth-order valence-electron chi connectivity index (χ4n) is 1.93. The van der Waals surface area contributed by atoms with Crippen molar-refractivity contribution >= 4 is 11.9 Å². The van der Waals surface area contributed by atoms with E-state index in [1.165, 1.54) is 17.1 Å². The molecule has 0 aromatic carbocycles. The summed E-state index contributed by atoms with van der Waals surface area (Å²) in [5, 5.41) is 15.4. The fraction of sp³-hybridized carbons (Fsp3) is 0.583. The second-order valence-electron chi connectivity index (χ2n) is 4.49. The van der Waals surface area contributed by atoms with E-state index in [2.05, 4.69) is 10.4 Å². The molecule has 1 unspecified atom stereocenters. The Morgan fingerprint density at radius 2 is 2.42 bits per heavy atom. The van der Waals surface area contributed by atoms with Gasteiger partial charge < -0.3 is 15.2 Å². The van der Waals surface area contributed by atoms with E-state index < -0.39 is 5.97 Å². The first-order valence-corrected chi connectivity index (χ1v) is 6.29. The number of aromatic carboxylic acids is 1. The number of aromatic nitrogens is 2. The molecule has 7 nitrogen and oxygen atoms in total. The quantitative estimate of drug-likeness (QED) is 0.771. The monoisotopic (exact) mass is 267 g/mol. The van der Waals surface area contributed by atoms with Gasteiger partial charge in [-0.2, -0.15) is 5.10 Å². The van der Waals surface area contributed by atoms with Crippen LogP contribution in [0.5, 0.6) is 0 Å². The maximum atomic E-state index is 11.6. The Morgan fingerprint density at radius 3 is 3.05 bits per heavy atom. The first-order valence-electron chi connectivity index (χ1n) is 6.29. The lowest BCUT2D eigenvalue weighted by Crippen LogP contribution is -2.32. The minimum Gasteiger partial charge on any atom is -0.478 e. The van der Waals surface area contributed by atoms with Crippen LogP contribution in [-0.2, 0) is 16.1 Å². The number of nitrogens with one attached hydrogen (secondary N) is 1. The molecular weight excluding hydrogens is 250 g/mol. The van der Waals surface area contributed by atoms with Crippen molar-refractivity contribution in [3.8, 4) is 0 Å². The summed E-state index contributed by atoms with van der Waals surface area (Å²) < 4.78 is 6.85. The Bertz CT molecular complexity index is 452. The molecule has 1 saturated heterocycles. The van der Waals surface area contributed by atoms with Crippen LogP contribution in [0.2, 0.25) is 0 Å². The van der Waals surface area contributed by atoms with Crippen molar-refractivity contribution in [1.82, 2.24) is 15.1 Å². The first-order chi connectivity index (χ1) is 9.15. The van der Waals surface area contributed by atoms with Gasteiger partial charge in [-0.05, 0) is 12.8 Å². The smallest absolute Gasteiger partial charge is 0.338 e. The molecule has 0 spiro atoms. The van der Waals surface area contributed by atoms with Gasteiger partial charge >= 0.3 is 5.97 Å². The predicted molar refractivity (Wildman–Crippen MR) is 65.8 cm³/mol. The van der Waals surface area contributed by atoms with Gasteiger partial charge in [0.2, 0.25) is 5.91 Å². The summed E-state index contributed by atoms with van der Waals surface area (Å²) in [6.07, 6.45) is 5.12. The van der Waals surface area contributed by atoms with Gasteiger partial charge in [-0.15, -0.1) is 0 Å². The lowest BCUT2D eigenvalue weighted by Gasteiger charge is -2.10. The third kappa shape index (κ3) is 4.06. The van der Waals surface area contributed by atoms with Gasteiger partial charge in [0.1, 0.15) is 0 Å². The topological polar surface area (TPSA) is 93.5 Å². The van der Waals surface area contributed by atoms with E-state index in [0.29, 0.717) is 13.1 Å². The minimum atomic E-state index is -1.02. The van der Waals surface area contributed by atoms with E-state index in [1.807, 2.05) is 0 Å². The second kappa shape index (κ2) is 6.33. The summed E-state index contributed by atoms with van der Waals surface area (Å²) in [6.45, 7) is 1.68. The van der Waals surface area contributed by atoms with Gasteiger partial charge in [-0.25, -0.2) is 4.79 Å². The molecule has 1 aliphatic rings. The number of aryl methyl sites for hydroxylation is 1. The number of carboxylic acids is 1. The van der Waals surface area contributed by atoms with Crippen molar-refractivity contribution in [2.45, 2.75) is 31.9 Å². The van der Waals surface area contributed by atoms with Crippen molar-refractivity contribution < 1.29 is 19.4 Å². The molecule has 0 aliphatic carbocycles. The number of rotatable bonds is 6. The molecule has 1 aromatic heterocycles. The van der Waals surface area contributed by atoms with Crippen LogP contribution in [0.25, 0.3) is 0 Å². The van der Waals surface area contributed by atoms with Crippen LogP contribution in [0.15, 0.2) is 12.4 Å². The Labute approximate surface area is 110 Å². The third-order valence-electron chi connectivity index (χ3n) is 3.00. The Kier molecular flexibility index (Phi) is 4.51. The Morgan fingerprint density at radius 1 is 1.58 bits per heavy atom. The standard InChI is InChI=1S/C12H17N3O4/c16-11(13-7-10-2-1-5-19-10)3-4-15-8-9(6-14-15)12(17)18/h6,8,10H,1-5,7H2,(H,13,16)(H,17,18). The molecule has 0 bridgehead atoms. The zero-order chi connectivity index (χ0) is 13.7. The summed E-state index contributed by atoms with van der Waals surface area (Å²) in [5.41, 5.74) is 0.125. The molecule has 1 fully saturated rings. The van der Waals surface area contributed by atoms with E-state index in [4.69, 9.17) is 9.84 Å². The highest BCUT2D eigenvalue weighted by molar-refractivity contribution is 5.86. The van der Waals surface area contributed by atoms with Gasteiger partial charge in [-0.1, -0.05) is 0 Å². The van der Waals surface area contributed by atoms with Gasteiger partial charge in [0.05, 0.1) is 17.9 Å². The number of amides is 1. The molecule has 1 aromatic rings. The normalized spacial score (nSPS) is 18.4. The van der Waals surface area contributed by atoms with E-state index >= 15 is 0 Å². The third-order valence-corrected chi connectivity index (χ3v) is 3.00. The second-order valence-corrected chi connectivity index (χ2v) is 4.49. The molecular formula is C12H17N3O4. The molecule has 19 heavy (non-hydrogen) atoms. The summed E-state index contributed by atoms with van der Waals surface area (Å²) in [6, 6.07) is 0. The van der Waals surface area contributed by atoms with Crippen molar-refractivity contribution in [2.75, 3.05) is 13.2 Å². The molecule has 1 aliphatic heterocycles. The maximum absolute atomic E-state index is 11.6. The number of hydrogen-bond acceptors (Lipinski definition) is 4. The SMILES string of the molecule is O=C(CCn1cc(C(=O)O)cn1)NCC1CCCO1. The molecule has 2 N–H and O–H groups in total. The molecule has 104 valence electrons. The largest absolute Gasteiger partial charge is 0.478 e. The van der Waals surface area contributed by atoms with Crippen LogP contribution in [0.3, 0.4) is 0 Å². The summed E-state index contributed by atoms with van der Waals surface area (Å²) in [4.78, 5) is 22.2. The average molecular weight is 267 g/mol. The van der Waals surface area contributed by atoms with Crippen molar-refractivity contribution in [3.63, 3.8) is 0 Å². The molecule has 2 heterocycles. The zero-order valence-corrected chi connectivity index (χ0v) is 10.5. The summed E-state index contributed by atoms with van der Waals surface area (Å²) in [7, 11) is 0. The molecule has 0 saturated carbocycles. The van der Waals surface area contributed by atoms with Crippen molar-refractivity contribution in [2.24, 2.45) is 0 Å². The fourth-order valence-corrected chi connectivity index (χ4v) is 1.93. The van der Waals surface area contributed by atoms with Gasteiger partial charge in [0.25, 0.3) is 0 Å². The molecule has 2 rings (SSSR count). The zero-order valence-electron chi connectivity index (χ0n) is 10.5. The highest BCUT2D eigenvalue weighted by atomic mass is 16.5. The van der Waals surface area contributed by atoms with Gasteiger partial charge in [0, 0.05) is 32.3 Å². The highest BCUT2D eigenvalue weighted by Crippen LogP contribution is 2.10. The number of ether oxygens (including phenoxy) is 1. The van der Waals surface area contributed by atoms with Crippen LogP contribution in [0.1, 0.15) is 29.6 Å². The lowest BCUT2D eigenvalue weighted by molar-refractivity contribution is -0.121.